The van der Waals surface area contributed by atoms with Crippen LogP contribution in [0.5, 0.6) is 0 Å². The van der Waals surface area contributed by atoms with Crippen LogP contribution in [0.15, 0.2) is 0 Å². The quantitative estimate of drug-likeness (QED) is 0.0816. The monoisotopic (exact) mass is 697 g/mol. The van der Waals surface area contributed by atoms with E-state index >= 15 is 0 Å². The molecule has 3 aliphatic rings. The minimum absolute atomic E-state index is 0.0343. The number of hydrogen-bond donors (Lipinski definition) is 2. The smallest absolute Gasteiger partial charge is 0.170 e. The molecule has 0 bridgehead atoms. The van der Waals surface area contributed by atoms with Crippen LogP contribution in [0.25, 0.3) is 0 Å². The Labute approximate surface area is 309 Å². The number of aliphatic hydroxyl groups excluding tert-OH is 1. The molecule has 1 heterocycles. The molecule has 284 valence electrons. The van der Waals surface area contributed by atoms with Gasteiger partial charge in [-0.25, -0.2) is 0 Å². The van der Waals surface area contributed by atoms with Crippen LogP contribution in [0.4, 0.5) is 0 Å². The average Bonchev–Trinajstić information content (AvgIpc) is 3.53. The molecule has 0 aromatic carbocycles. The number of Topliss-reactive ketones (excluding diaryl/α,β-unsaturated/α-hetero) is 3. The molecule has 50 heavy (non-hydrogen) atoms. The molecule has 0 spiro atoms. The predicted octanol–water partition coefficient (Wildman–Crippen LogP) is 9.47. The van der Waals surface area contributed by atoms with Gasteiger partial charge in [-0.05, 0) is 50.4 Å². The highest BCUT2D eigenvalue weighted by molar-refractivity contribution is 6.08. The Morgan fingerprint density at radius 3 is 1.90 bits per heavy atom. The average molecular weight is 697 g/mol. The van der Waals surface area contributed by atoms with Crippen LogP contribution >= 0.6 is 0 Å². The van der Waals surface area contributed by atoms with E-state index in [4.69, 9.17) is 20.4 Å². The number of aliphatic hydroxyl groups is 2. The topological polar surface area (TPSA) is 101 Å². The van der Waals surface area contributed by atoms with E-state index in [0.717, 1.165) is 122 Å². The first-order valence-corrected chi connectivity index (χ1v) is 20.7. The maximum Gasteiger partial charge on any atom is 0.170 e. The standard InChI is InChI=1S/2C21H37BO3/c1-4-5-12-20(2,3)21(24)13-11-17-16(10-8-6-7-9-14-22)18(23)15-19(17)25-21;1-4-5-13-21(2,3)20(25)12-11-17-16(18(23)15-19(17)24)10-8-6-7-9-14-22/h2*16-17,19,24H,4-15H2,1-3H3/t16-,17-,19-,21-;16-,17-,19-/m11/s1. The van der Waals surface area contributed by atoms with Gasteiger partial charge in [0.25, 0.3) is 0 Å². The van der Waals surface area contributed by atoms with Gasteiger partial charge in [-0.1, -0.05) is 131 Å². The maximum absolute atomic E-state index is 12.6. The van der Waals surface area contributed by atoms with Crippen molar-refractivity contribution in [2.45, 2.75) is 213 Å². The third-order valence-corrected chi connectivity index (χ3v) is 12.6. The highest BCUT2D eigenvalue weighted by atomic mass is 16.6. The molecule has 0 unspecified atom stereocenters. The summed E-state index contributed by atoms with van der Waals surface area (Å²) < 4.78 is 6.22. The molecule has 1 saturated heterocycles. The molecule has 2 aliphatic carbocycles. The van der Waals surface area contributed by atoms with Gasteiger partial charge in [0.05, 0.1) is 27.9 Å². The van der Waals surface area contributed by atoms with E-state index in [-0.39, 0.29) is 52.7 Å². The second-order valence-electron chi connectivity index (χ2n) is 17.3. The third-order valence-electron chi connectivity index (χ3n) is 12.6. The van der Waals surface area contributed by atoms with Crippen LogP contribution in [-0.2, 0) is 19.1 Å². The summed E-state index contributed by atoms with van der Waals surface area (Å²) in [4.78, 5) is 37.3. The van der Waals surface area contributed by atoms with Crippen molar-refractivity contribution >= 4 is 33.0 Å². The number of carbonyl (C=O) groups is 3. The number of unbranched alkanes of at least 4 members (excludes halogenated alkanes) is 8. The summed E-state index contributed by atoms with van der Waals surface area (Å²) in [5.41, 5.74) is -0.557. The minimum Gasteiger partial charge on any atom is -0.392 e. The summed E-state index contributed by atoms with van der Waals surface area (Å²) in [7, 11) is 11.0. The first-order chi connectivity index (χ1) is 23.7. The molecule has 0 aromatic heterocycles. The fourth-order valence-corrected chi connectivity index (χ4v) is 8.78. The Kier molecular flexibility index (Phi) is 20.1. The molecule has 1 aliphatic heterocycles. The molecule has 2 N–H and O–H groups in total. The van der Waals surface area contributed by atoms with Gasteiger partial charge < -0.3 is 14.9 Å². The lowest BCUT2D eigenvalue weighted by Crippen LogP contribution is -2.53. The molecule has 2 saturated carbocycles. The van der Waals surface area contributed by atoms with E-state index in [1.54, 1.807) is 0 Å². The Balaban J connectivity index is 0.000000347. The highest BCUT2D eigenvalue weighted by Gasteiger charge is 2.54. The largest absolute Gasteiger partial charge is 0.392 e. The SMILES string of the molecule is [B]CCCCCC[C@H]1C(=O)C[C@@H](O)[C@@H]1CCC(=O)C(C)(C)CCCC.[B]CCCCCC[C@H]1C(=O)C[C@H]2O[C@@](O)(C(C)(C)CCCC)CC[C@@H]21. The molecular weight excluding hydrogens is 622 g/mol. The van der Waals surface area contributed by atoms with E-state index in [1.807, 2.05) is 13.8 Å². The molecule has 3 rings (SSSR count). The van der Waals surface area contributed by atoms with Crippen LogP contribution in [0.3, 0.4) is 0 Å². The number of fused-ring (bicyclic) bond motifs is 1. The van der Waals surface area contributed by atoms with Crippen LogP contribution in [0.2, 0.25) is 12.6 Å². The fourth-order valence-electron chi connectivity index (χ4n) is 8.78. The molecule has 4 radical (unpaired) electrons. The summed E-state index contributed by atoms with van der Waals surface area (Å²) in [6.07, 6.45) is 21.1. The second-order valence-corrected chi connectivity index (χ2v) is 17.3. The van der Waals surface area contributed by atoms with Gasteiger partial charge in [0.2, 0.25) is 0 Å². The summed E-state index contributed by atoms with van der Waals surface area (Å²) in [6.45, 7) is 12.6. The van der Waals surface area contributed by atoms with Gasteiger partial charge in [0.1, 0.15) is 17.3 Å². The summed E-state index contributed by atoms with van der Waals surface area (Å²) >= 11 is 0. The van der Waals surface area contributed by atoms with Crippen LogP contribution < -0.4 is 0 Å². The third kappa shape index (κ3) is 13.5. The Bertz CT molecular complexity index is 1010. The predicted molar refractivity (Wildman–Crippen MR) is 206 cm³/mol. The van der Waals surface area contributed by atoms with Gasteiger partial charge in [-0.15, -0.1) is 0 Å². The van der Waals surface area contributed by atoms with E-state index < -0.39 is 11.9 Å². The lowest BCUT2D eigenvalue weighted by Gasteiger charge is -2.48. The lowest BCUT2D eigenvalue weighted by molar-refractivity contribution is -0.316. The maximum atomic E-state index is 12.6. The van der Waals surface area contributed by atoms with Crippen molar-refractivity contribution < 1.29 is 29.3 Å². The number of carbonyl (C=O) groups excluding carboxylic acids is 3. The Hall–Kier alpha value is -0.980. The van der Waals surface area contributed by atoms with Crippen molar-refractivity contribution in [3.05, 3.63) is 0 Å². The van der Waals surface area contributed by atoms with Gasteiger partial charge in [0.15, 0.2) is 5.79 Å². The van der Waals surface area contributed by atoms with Crippen molar-refractivity contribution in [1.82, 2.24) is 0 Å². The van der Waals surface area contributed by atoms with E-state index in [1.165, 1.54) is 0 Å². The zero-order chi connectivity index (χ0) is 37.4. The van der Waals surface area contributed by atoms with Crippen molar-refractivity contribution in [3.8, 4) is 0 Å². The molecular formula is C42H74B2O6. The Morgan fingerprint density at radius 2 is 1.32 bits per heavy atom. The molecule has 6 nitrogen and oxygen atoms in total. The first-order valence-electron chi connectivity index (χ1n) is 20.7. The van der Waals surface area contributed by atoms with E-state index in [0.29, 0.717) is 37.4 Å². The van der Waals surface area contributed by atoms with Gasteiger partial charge in [-0.3, -0.25) is 14.4 Å². The number of ether oxygens (including phenoxy) is 1. The minimum atomic E-state index is -1.08. The molecule has 0 amide bonds. The normalized spacial score (nSPS) is 28.4. The number of ketones is 3. The van der Waals surface area contributed by atoms with Crippen LogP contribution in [0.1, 0.15) is 183 Å². The number of hydrogen-bond acceptors (Lipinski definition) is 6. The zero-order valence-corrected chi connectivity index (χ0v) is 33.1. The second kappa shape index (κ2) is 22.3. The van der Waals surface area contributed by atoms with Gasteiger partial charge in [-0.2, -0.15) is 0 Å². The Morgan fingerprint density at radius 1 is 0.780 bits per heavy atom. The fraction of sp³-hybridized carbons (Fsp3) is 0.929. The molecule has 8 heteroatoms. The lowest BCUT2D eigenvalue weighted by atomic mass is 9.72. The molecule has 7 atom stereocenters. The molecule has 3 fully saturated rings. The van der Waals surface area contributed by atoms with Crippen molar-refractivity contribution in [2.75, 3.05) is 0 Å². The summed E-state index contributed by atoms with van der Waals surface area (Å²) in [5.74, 6) is 0.0926. The van der Waals surface area contributed by atoms with Crippen molar-refractivity contribution in [1.29, 1.82) is 0 Å². The summed E-state index contributed by atoms with van der Waals surface area (Å²) in [6, 6.07) is 0. The van der Waals surface area contributed by atoms with Gasteiger partial charge >= 0.3 is 0 Å². The molecule has 0 aromatic rings. The van der Waals surface area contributed by atoms with Gasteiger partial charge in [0, 0.05) is 48.3 Å². The number of rotatable bonds is 23. The van der Waals surface area contributed by atoms with E-state index in [2.05, 4.69) is 27.7 Å². The van der Waals surface area contributed by atoms with Crippen molar-refractivity contribution in [3.63, 3.8) is 0 Å². The van der Waals surface area contributed by atoms with Crippen LogP contribution in [-0.4, -0.2) is 61.3 Å². The van der Waals surface area contributed by atoms with Crippen LogP contribution in [0, 0.1) is 34.5 Å². The zero-order valence-electron chi connectivity index (χ0n) is 33.1. The van der Waals surface area contributed by atoms with Crippen molar-refractivity contribution in [2.24, 2.45) is 34.5 Å². The highest BCUT2D eigenvalue weighted by Crippen LogP contribution is 2.50. The first kappa shape index (κ1) is 45.2. The van der Waals surface area contributed by atoms with E-state index in [9.17, 15) is 24.6 Å². The summed E-state index contributed by atoms with van der Waals surface area (Å²) in [5, 5.41) is 21.5.